The van der Waals surface area contributed by atoms with E-state index >= 15 is 0 Å². The van der Waals surface area contributed by atoms with E-state index in [2.05, 4.69) is 33.0 Å². The predicted octanol–water partition coefficient (Wildman–Crippen LogP) is 2.28. The van der Waals surface area contributed by atoms with Gasteiger partial charge in [-0.1, -0.05) is 20.8 Å². The van der Waals surface area contributed by atoms with E-state index < -0.39 is 0 Å². The summed E-state index contributed by atoms with van der Waals surface area (Å²) < 4.78 is 0. The van der Waals surface area contributed by atoms with Gasteiger partial charge >= 0.3 is 0 Å². The largest absolute Gasteiger partial charge is 0.317 e. The first-order valence-electron chi connectivity index (χ1n) is 4.25. The molecule has 0 aromatic rings. The third-order valence-corrected chi connectivity index (χ3v) is 2.15. The van der Waals surface area contributed by atoms with Gasteiger partial charge in [-0.15, -0.1) is 0 Å². The van der Waals surface area contributed by atoms with Gasteiger partial charge in [0.1, 0.15) is 0 Å². The Morgan fingerprint density at radius 1 is 1.10 bits per heavy atom. The fraction of sp³-hybridized carbons (Fsp3) is 1.00. The van der Waals surface area contributed by atoms with Crippen LogP contribution < -0.4 is 5.32 Å². The number of rotatable bonds is 4. The average Bonchev–Trinajstić information content (AvgIpc) is 1.85. The van der Waals surface area contributed by atoms with Gasteiger partial charge in [0.15, 0.2) is 0 Å². The average molecular weight is 143 g/mol. The van der Waals surface area contributed by atoms with E-state index in [1.807, 2.05) is 7.05 Å². The fourth-order valence-corrected chi connectivity index (χ4v) is 1.23. The SMILES string of the molecule is CNC(C)[C@@H](C)CC(C)C. The van der Waals surface area contributed by atoms with Gasteiger partial charge < -0.3 is 5.32 Å². The van der Waals surface area contributed by atoms with Crippen LogP contribution in [0.5, 0.6) is 0 Å². The van der Waals surface area contributed by atoms with Crippen molar-refractivity contribution in [1.82, 2.24) is 5.32 Å². The summed E-state index contributed by atoms with van der Waals surface area (Å²) in [6, 6.07) is 0.655. The molecule has 10 heavy (non-hydrogen) atoms. The van der Waals surface area contributed by atoms with Gasteiger partial charge in [0, 0.05) is 6.04 Å². The zero-order valence-corrected chi connectivity index (χ0v) is 7.94. The van der Waals surface area contributed by atoms with E-state index in [4.69, 9.17) is 0 Å². The molecule has 62 valence electrons. The van der Waals surface area contributed by atoms with Crippen LogP contribution in [-0.2, 0) is 0 Å². The summed E-state index contributed by atoms with van der Waals surface area (Å²) in [5, 5.41) is 3.27. The summed E-state index contributed by atoms with van der Waals surface area (Å²) >= 11 is 0. The first kappa shape index (κ1) is 9.96. The highest BCUT2D eigenvalue weighted by Crippen LogP contribution is 2.13. The Balaban J connectivity index is 3.50. The van der Waals surface area contributed by atoms with Gasteiger partial charge in [-0.25, -0.2) is 0 Å². The zero-order chi connectivity index (χ0) is 8.15. The minimum Gasteiger partial charge on any atom is -0.317 e. The summed E-state index contributed by atoms with van der Waals surface area (Å²) in [6.07, 6.45) is 1.32. The van der Waals surface area contributed by atoms with Gasteiger partial charge in [-0.3, -0.25) is 0 Å². The van der Waals surface area contributed by atoms with E-state index in [-0.39, 0.29) is 0 Å². The smallest absolute Gasteiger partial charge is 0.00614 e. The molecular formula is C9H21N. The van der Waals surface area contributed by atoms with Crippen LogP contribution in [0.2, 0.25) is 0 Å². The highest BCUT2D eigenvalue weighted by atomic mass is 14.9. The highest BCUT2D eigenvalue weighted by molar-refractivity contribution is 4.67. The number of hydrogen-bond donors (Lipinski definition) is 1. The van der Waals surface area contributed by atoms with Crippen molar-refractivity contribution in [3.8, 4) is 0 Å². The third kappa shape index (κ3) is 3.89. The van der Waals surface area contributed by atoms with Crippen LogP contribution in [0.15, 0.2) is 0 Å². The maximum atomic E-state index is 3.27. The Morgan fingerprint density at radius 2 is 1.60 bits per heavy atom. The molecule has 0 fully saturated rings. The predicted molar refractivity (Wildman–Crippen MR) is 47.1 cm³/mol. The van der Waals surface area contributed by atoms with Crippen molar-refractivity contribution in [2.24, 2.45) is 11.8 Å². The molecule has 0 radical (unpaired) electrons. The van der Waals surface area contributed by atoms with Crippen molar-refractivity contribution in [2.75, 3.05) is 7.05 Å². The van der Waals surface area contributed by atoms with Gasteiger partial charge in [0.05, 0.1) is 0 Å². The van der Waals surface area contributed by atoms with Crippen LogP contribution in [-0.4, -0.2) is 13.1 Å². The first-order chi connectivity index (χ1) is 4.57. The Morgan fingerprint density at radius 3 is 1.90 bits per heavy atom. The van der Waals surface area contributed by atoms with Crippen LogP contribution in [0.25, 0.3) is 0 Å². The summed E-state index contributed by atoms with van der Waals surface area (Å²) in [7, 11) is 2.03. The molecule has 0 aromatic carbocycles. The zero-order valence-electron chi connectivity index (χ0n) is 7.94. The van der Waals surface area contributed by atoms with Crippen molar-refractivity contribution < 1.29 is 0 Å². The van der Waals surface area contributed by atoms with E-state index in [0.717, 1.165) is 11.8 Å². The fourth-order valence-electron chi connectivity index (χ4n) is 1.23. The second-order valence-electron chi connectivity index (χ2n) is 3.68. The molecule has 0 rings (SSSR count). The lowest BCUT2D eigenvalue weighted by atomic mass is 9.93. The molecule has 0 aliphatic heterocycles. The van der Waals surface area contributed by atoms with Crippen molar-refractivity contribution in [3.05, 3.63) is 0 Å². The number of nitrogens with one attached hydrogen (secondary N) is 1. The van der Waals surface area contributed by atoms with Gasteiger partial charge in [-0.2, -0.15) is 0 Å². The molecule has 0 bridgehead atoms. The molecule has 2 atom stereocenters. The first-order valence-corrected chi connectivity index (χ1v) is 4.25. The maximum absolute atomic E-state index is 3.27. The quantitative estimate of drug-likeness (QED) is 0.636. The second-order valence-corrected chi connectivity index (χ2v) is 3.68. The topological polar surface area (TPSA) is 12.0 Å². The normalized spacial score (nSPS) is 17.4. The maximum Gasteiger partial charge on any atom is 0.00614 e. The molecule has 1 unspecified atom stereocenters. The van der Waals surface area contributed by atoms with Crippen LogP contribution in [0.4, 0.5) is 0 Å². The van der Waals surface area contributed by atoms with Gasteiger partial charge in [0.2, 0.25) is 0 Å². The van der Waals surface area contributed by atoms with E-state index in [9.17, 15) is 0 Å². The van der Waals surface area contributed by atoms with Crippen molar-refractivity contribution >= 4 is 0 Å². The lowest BCUT2D eigenvalue weighted by Crippen LogP contribution is -2.29. The third-order valence-electron chi connectivity index (χ3n) is 2.15. The second kappa shape index (κ2) is 4.73. The Labute approximate surface area is 65.2 Å². The molecule has 0 spiro atoms. The van der Waals surface area contributed by atoms with Crippen LogP contribution in [0, 0.1) is 11.8 Å². The van der Waals surface area contributed by atoms with Gasteiger partial charge in [-0.05, 0) is 32.2 Å². The molecule has 0 aromatic heterocycles. The Kier molecular flexibility index (Phi) is 4.71. The molecule has 0 amide bonds. The minimum atomic E-state index is 0.655. The molecule has 0 aliphatic carbocycles. The summed E-state index contributed by atoms with van der Waals surface area (Å²) in [4.78, 5) is 0. The Hall–Kier alpha value is -0.0400. The van der Waals surface area contributed by atoms with E-state index in [1.165, 1.54) is 6.42 Å². The van der Waals surface area contributed by atoms with Gasteiger partial charge in [0.25, 0.3) is 0 Å². The van der Waals surface area contributed by atoms with E-state index in [0.29, 0.717) is 6.04 Å². The summed E-state index contributed by atoms with van der Waals surface area (Å²) in [5.41, 5.74) is 0. The van der Waals surface area contributed by atoms with Crippen LogP contribution in [0.3, 0.4) is 0 Å². The molecule has 0 saturated carbocycles. The van der Waals surface area contributed by atoms with E-state index in [1.54, 1.807) is 0 Å². The van der Waals surface area contributed by atoms with Crippen molar-refractivity contribution in [2.45, 2.75) is 40.2 Å². The molecule has 0 heterocycles. The molecule has 1 N–H and O–H groups in total. The highest BCUT2D eigenvalue weighted by Gasteiger charge is 2.10. The van der Waals surface area contributed by atoms with Crippen LogP contribution >= 0.6 is 0 Å². The summed E-state index contributed by atoms with van der Waals surface area (Å²) in [6.45, 7) is 9.10. The lowest BCUT2D eigenvalue weighted by molar-refractivity contribution is 0.354. The molecule has 0 saturated heterocycles. The van der Waals surface area contributed by atoms with Crippen molar-refractivity contribution in [3.63, 3.8) is 0 Å². The summed E-state index contributed by atoms with van der Waals surface area (Å²) in [5.74, 6) is 1.62. The standard InChI is InChI=1S/C9H21N/c1-7(2)6-8(3)9(4)10-5/h7-10H,6H2,1-5H3/t8-,9?/m0/s1. The molecule has 0 aliphatic rings. The number of hydrogen-bond acceptors (Lipinski definition) is 1. The molecule has 1 heteroatoms. The molecular weight excluding hydrogens is 122 g/mol. The Bertz CT molecular complexity index is 78.8. The van der Waals surface area contributed by atoms with Crippen LogP contribution in [0.1, 0.15) is 34.1 Å². The minimum absolute atomic E-state index is 0.655. The lowest BCUT2D eigenvalue weighted by Gasteiger charge is -2.20. The molecule has 1 nitrogen and oxygen atoms in total. The monoisotopic (exact) mass is 143 g/mol. The van der Waals surface area contributed by atoms with Crippen molar-refractivity contribution in [1.29, 1.82) is 0 Å².